The van der Waals surface area contributed by atoms with Crippen LogP contribution in [0.4, 0.5) is 8.78 Å². The molecular weight excluding hydrogens is 414 g/mol. The normalized spacial score (nSPS) is 15.6. The number of sulfonamides is 1. The molecule has 0 unspecified atom stereocenters. The minimum absolute atomic E-state index is 0.0706. The lowest BCUT2D eigenvalue weighted by atomic mass is 10.0. The predicted molar refractivity (Wildman–Crippen MR) is 108 cm³/mol. The van der Waals surface area contributed by atoms with E-state index in [2.05, 4.69) is 18.6 Å². The molecule has 1 amide bonds. The Balaban J connectivity index is 1.70. The summed E-state index contributed by atoms with van der Waals surface area (Å²) in [7, 11) is -4.03. The van der Waals surface area contributed by atoms with Crippen LogP contribution in [0.25, 0.3) is 0 Å². The lowest BCUT2D eigenvalue weighted by Crippen LogP contribution is -2.50. The summed E-state index contributed by atoms with van der Waals surface area (Å²) in [4.78, 5) is 14.0. The number of nitrogens with zero attached hydrogens (tertiary/aromatic N) is 2. The monoisotopic (exact) mass is 438 g/mol. The van der Waals surface area contributed by atoms with Gasteiger partial charge in [-0.3, -0.25) is 4.79 Å². The molecule has 6 nitrogen and oxygen atoms in total. The lowest BCUT2D eigenvalue weighted by molar-refractivity contribution is -0.0518. The van der Waals surface area contributed by atoms with Crippen molar-refractivity contribution in [2.45, 2.75) is 31.3 Å². The smallest absolute Gasteiger partial charge is 0.387 e. The summed E-state index contributed by atoms with van der Waals surface area (Å²) >= 11 is 0. The summed E-state index contributed by atoms with van der Waals surface area (Å²) in [6, 6.07) is 12.7. The van der Waals surface area contributed by atoms with E-state index in [1.54, 1.807) is 17.0 Å². The summed E-state index contributed by atoms with van der Waals surface area (Å²) in [5, 5.41) is 0. The minimum Gasteiger partial charge on any atom is -0.433 e. The Kier molecular flexibility index (Phi) is 6.72. The average molecular weight is 438 g/mol. The van der Waals surface area contributed by atoms with Gasteiger partial charge in [0.15, 0.2) is 0 Å². The summed E-state index contributed by atoms with van der Waals surface area (Å²) in [5.41, 5.74) is 1.68. The molecule has 162 valence electrons. The number of alkyl halides is 2. The van der Waals surface area contributed by atoms with Crippen LogP contribution < -0.4 is 4.74 Å². The zero-order chi connectivity index (χ0) is 21.9. The first-order valence-corrected chi connectivity index (χ1v) is 11.1. The van der Waals surface area contributed by atoms with Gasteiger partial charge in [0.25, 0.3) is 5.91 Å². The Hall–Kier alpha value is -2.52. The molecular formula is C21H24F2N2O4S. The second kappa shape index (κ2) is 9.09. The van der Waals surface area contributed by atoms with Gasteiger partial charge in [0, 0.05) is 31.7 Å². The van der Waals surface area contributed by atoms with E-state index < -0.39 is 22.4 Å². The predicted octanol–water partition coefficient (Wildman–Crippen LogP) is 3.56. The third kappa shape index (κ3) is 4.79. The molecule has 9 heteroatoms. The lowest BCUT2D eigenvalue weighted by Gasteiger charge is -2.34. The molecule has 0 spiro atoms. The highest BCUT2D eigenvalue weighted by Crippen LogP contribution is 2.28. The van der Waals surface area contributed by atoms with Crippen molar-refractivity contribution < 1.29 is 26.7 Å². The first kappa shape index (κ1) is 22.2. The molecule has 30 heavy (non-hydrogen) atoms. The number of hydrogen-bond donors (Lipinski definition) is 0. The first-order chi connectivity index (χ1) is 14.2. The van der Waals surface area contributed by atoms with Gasteiger partial charge in [-0.05, 0) is 35.7 Å². The van der Waals surface area contributed by atoms with Crippen molar-refractivity contribution in [1.82, 2.24) is 9.21 Å². The number of halogens is 2. The Bertz CT molecular complexity index is 986. The highest BCUT2D eigenvalue weighted by Gasteiger charge is 2.32. The number of benzene rings is 2. The van der Waals surface area contributed by atoms with Gasteiger partial charge in [-0.2, -0.15) is 13.1 Å². The van der Waals surface area contributed by atoms with Crippen molar-refractivity contribution in [3.8, 4) is 5.75 Å². The molecule has 0 aromatic heterocycles. The molecule has 0 saturated carbocycles. The van der Waals surface area contributed by atoms with E-state index in [-0.39, 0.29) is 37.0 Å². The molecule has 1 heterocycles. The second-order valence-electron chi connectivity index (χ2n) is 7.30. The number of rotatable bonds is 6. The van der Waals surface area contributed by atoms with Crippen molar-refractivity contribution in [1.29, 1.82) is 0 Å². The fourth-order valence-electron chi connectivity index (χ4n) is 3.32. The van der Waals surface area contributed by atoms with Crippen LogP contribution in [-0.2, 0) is 10.0 Å². The maximum Gasteiger partial charge on any atom is 0.387 e. The van der Waals surface area contributed by atoms with E-state index in [1.165, 1.54) is 28.6 Å². The molecule has 0 radical (unpaired) electrons. The SMILES string of the molecule is CC(C)c1ccc(C(=O)N2CCN(S(=O)(=O)c3ccccc3OC(F)F)CC2)cc1. The first-order valence-electron chi connectivity index (χ1n) is 9.63. The molecule has 1 aliphatic heterocycles. The molecule has 1 fully saturated rings. The van der Waals surface area contributed by atoms with Crippen molar-refractivity contribution in [2.75, 3.05) is 26.2 Å². The highest BCUT2D eigenvalue weighted by atomic mass is 32.2. The quantitative estimate of drug-likeness (QED) is 0.692. The van der Waals surface area contributed by atoms with Crippen molar-refractivity contribution in [3.63, 3.8) is 0 Å². The van der Waals surface area contributed by atoms with Crippen molar-refractivity contribution in [2.24, 2.45) is 0 Å². The number of carbonyl (C=O) groups is 1. The zero-order valence-corrected chi connectivity index (χ0v) is 17.6. The van der Waals surface area contributed by atoms with Crippen LogP contribution in [0.15, 0.2) is 53.4 Å². The standard InChI is InChI=1S/C21H24F2N2O4S/c1-15(2)16-7-9-17(10-8-16)20(26)24-11-13-25(14-12-24)30(27,28)19-6-4-3-5-18(19)29-21(22)23/h3-10,15,21H,11-14H2,1-2H3. The maximum absolute atomic E-state index is 12.9. The molecule has 1 saturated heterocycles. The fourth-order valence-corrected chi connectivity index (χ4v) is 4.86. The largest absolute Gasteiger partial charge is 0.433 e. The van der Waals surface area contributed by atoms with Gasteiger partial charge >= 0.3 is 6.61 Å². The van der Waals surface area contributed by atoms with Gasteiger partial charge in [-0.1, -0.05) is 38.1 Å². The van der Waals surface area contributed by atoms with E-state index in [9.17, 15) is 22.0 Å². The van der Waals surface area contributed by atoms with Crippen LogP contribution in [0.2, 0.25) is 0 Å². The van der Waals surface area contributed by atoms with Gasteiger partial charge in [0.1, 0.15) is 10.6 Å². The third-order valence-electron chi connectivity index (χ3n) is 5.03. The number of carbonyl (C=O) groups excluding carboxylic acids is 1. The van der Waals surface area contributed by atoms with Crippen LogP contribution in [0, 0.1) is 0 Å². The Labute approximate surface area is 175 Å². The molecule has 2 aromatic rings. The highest BCUT2D eigenvalue weighted by molar-refractivity contribution is 7.89. The molecule has 0 aliphatic carbocycles. The third-order valence-corrected chi connectivity index (χ3v) is 6.97. The van der Waals surface area contributed by atoms with Gasteiger partial charge in [0.05, 0.1) is 0 Å². The van der Waals surface area contributed by atoms with Crippen molar-refractivity contribution >= 4 is 15.9 Å². The fraction of sp³-hybridized carbons (Fsp3) is 0.381. The van der Waals surface area contributed by atoms with E-state index >= 15 is 0 Å². The van der Waals surface area contributed by atoms with Crippen molar-refractivity contribution in [3.05, 3.63) is 59.7 Å². The molecule has 3 rings (SSSR count). The van der Waals surface area contributed by atoms with Crippen LogP contribution in [0.5, 0.6) is 5.75 Å². The zero-order valence-electron chi connectivity index (χ0n) is 16.8. The van der Waals surface area contributed by atoms with E-state index in [0.29, 0.717) is 11.5 Å². The van der Waals surface area contributed by atoms with E-state index in [0.717, 1.165) is 5.56 Å². The van der Waals surface area contributed by atoms with E-state index in [4.69, 9.17) is 0 Å². The summed E-state index contributed by atoms with van der Waals surface area (Å²) < 4.78 is 56.7. The van der Waals surface area contributed by atoms with Gasteiger partial charge in [-0.25, -0.2) is 8.42 Å². The number of ether oxygens (including phenoxy) is 1. The van der Waals surface area contributed by atoms with Gasteiger partial charge in [0.2, 0.25) is 10.0 Å². The van der Waals surface area contributed by atoms with E-state index in [1.807, 2.05) is 12.1 Å². The maximum atomic E-state index is 12.9. The molecule has 0 bridgehead atoms. The topological polar surface area (TPSA) is 66.9 Å². The molecule has 2 aromatic carbocycles. The van der Waals surface area contributed by atoms with Gasteiger partial charge in [-0.15, -0.1) is 0 Å². The average Bonchev–Trinajstić information content (AvgIpc) is 2.73. The van der Waals surface area contributed by atoms with Crippen LogP contribution in [-0.4, -0.2) is 56.3 Å². The molecule has 0 atom stereocenters. The van der Waals surface area contributed by atoms with Crippen LogP contribution >= 0.6 is 0 Å². The summed E-state index contributed by atoms with van der Waals surface area (Å²) in [6.45, 7) is 1.58. The molecule has 0 N–H and O–H groups in total. The molecule has 1 aliphatic rings. The summed E-state index contributed by atoms with van der Waals surface area (Å²) in [5.74, 6) is -0.195. The van der Waals surface area contributed by atoms with Crippen LogP contribution in [0.1, 0.15) is 35.7 Å². The summed E-state index contributed by atoms with van der Waals surface area (Å²) in [6.07, 6.45) is 0. The Morgan fingerprint density at radius 2 is 1.57 bits per heavy atom. The number of hydrogen-bond acceptors (Lipinski definition) is 4. The second-order valence-corrected chi connectivity index (χ2v) is 9.20. The Morgan fingerprint density at radius 1 is 0.967 bits per heavy atom. The van der Waals surface area contributed by atoms with Gasteiger partial charge < -0.3 is 9.64 Å². The number of piperazine rings is 1. The Morgan fingerprint density at radius 3 is 2.13 bits per heavy atom. The number of amides is 1. The van der Waals surface area contributed by atoms with Crippen LogP contribution in [0.3, 0.4) is 0 Å². The minimum atomic E-state index is -4.03. The number of para-hydroxylation sites is 1.